The number of nitrogens with one attached hydrogen (secondary N) is 1. The van der Waals surface area contributed by atoms with Gasteiger partial charge in [-0.05, 0) is 60.7 Å². The highest BCUT2D eigenvalue weighted by molar-refractivity contribution is 7.92. The number of halogens is 2. The molecular weight excluding hydrogens is 374 g/mol. The van der Waals surface area contributed by atoms with E-state index >= 15 is 0 Å². The van der Waals surface area contributed by atoms with Gasteiger partial charge in [-0.15, -0.1) is 0 Å². The highest BCUT2D eigenvalue weighted by Crippen LogP contribution is 2.33. The Balaban J connectivity index is 1.55. The molecular formula is C19H18F2N2O3S. The third-order valence-electron chi connectivity index (χ3n) is 4.91. The second kappa shape index (κ2) is 6.60. The van der Waals surface area contributed by atoms with E-state index in [-0.39, 0.29) is 16.7 Å². The van der Waals surface area contributed by atoms with E-state index in [0.717, 1.165) is 42.5 Å². The van der Waals surface area contributed by atoms with Gasteiger partial charge in [0.1, 0.15) is 0 Å². The van der Waals surface area contributed by atoms with E-state index in [2.05, 4.69) is 4.72 Å². The van der Waals surface area contributed by atoms with Crippen LogP contribution in [0.1, 0.15) is 24.0 Å². The van der Waals surface area contributed by atoms with Gasteiger partial charge in [0.25, 0.3) is 10.0 Å². The molecule has 27 heavy (non-hydrogen) atoms. The standard InChI is InChI=1S/C19H18F2N2O3S/c20-17-6-5-16(10-18(17)21)27(25,26)22-15-4-3-12-7-8-23(11-14(12)9-15)19(24)13-1-2-13/h3-6,9-10,13,22H,1-2,7-8,11H2. The van der Waals surface area contributed by atoms with Crippen LogP contribution in [-0.4, -0.2) is 25.8 Å². The number of fused-ring (bicyclic) bond motifs is 1. The zero-order valence-corrected chi connectivity index (χ0v) is 15.2. The molecule has 0 radical (unpaired) electrons. The molecule has 1 heterocycles. The number of nitrogens with zero attached hydrogens (tertiary/aromatic N) is 1. The van der Waals surface area contributed by atoms with Gasteiger partial charge < -0.3 is 4.90 Å². The van der Waals surface area contributed by atoms with Crippen LogP contribution < -0.4 is 4.72 Å². The van der Waals surface area contributed by atoms with Crippen molar-refractivity contribution in [2.75, 3.05) is 11.3 Å². The number of carbonyl (C=O) groups excluding carboxylic acids is 1. The molecule has 1 N–H and O–H groups in total. The van der Waals surface area contributed by atoms with E-state index in [0.29, 0.717) is 24.8 Å². The van der Waals surface area contributed by atoms with E-state index < -0.39 is 21.7 Å². The van der Waals surface area contributed by atoms with Crippen molar-refractivity contribution in [3.8, 4) is 0 Å². The smallest absolute Gasteiger partial charge is 0.261 e. The number of benzene rings is 2. The lowest BCUT2D eigenvalue weighted by molar-refractivity contribution is -0.133. The van der Waals surface area contributed by atoms with Gasteiger partial charge in [-0.1, -0.05) is 6.07 Å². The Morgan fingerprint density at radius 3 is 2.52 bits per heavy atom. The summed E-state index contributed by atoms with van der Waals surface area (Å²) in [6.45, 7) is 1.12. The van der Waals surface area contributed by atoms with Crippen LogP contribution in [0.4, 0.5) is 14.5 Å². The predicted octanol–water partition coefficient (Wildman–Crippen LogP) is 3.06. The highest BCUT2D eigenvalue weighted by Gasteiger charge is 2.34. The van der Waals surface area contributed by atoms with Gasteiger partial charge in [-0.2, -0.15) is 0 Å². The lowest BCUT2D eigenvalue weighted by Gasteiger charge is -2.29. The lowest BCUT2D eigenvalue weighted by atomic mass is 9.99. The average molecular weight is 392 g/mol. The number of hydrogen-bond acceptors (Lipinski definition) is 3. The number of anilines is 1. The maximum Gasteiger partial charge on any atom is 0.261 e. The first kappa shape index (κ1) is 17.9. The van der Waals surface area contributed by atoms with Gasteiger partial charge in [-0.25, -0.2) is 17.2 Å². The molecule has 0 spiro atoms. The fraction of sp³-hybridized carbons (Fsp3) is 0.316. The Labute approximate surface area is 156 Å². The molecule has 1 aliphatic carbocycles. The minimum Gasteiger partial charge on any atom is -0.338 e. The van der Waals surface area contributed by atoms with E-state index in [1.807, 2.05) is 11.0 Å². The van der Waals surface area contributed by atoms with Gasteiger partial charge in [0.15, 0.2) is 11.6 Å². The summed E-state index contributed by atoms with van der Waals surface area (Å²) < 4.78 is 53.7. The van der Waals surface area contributed by atoms with Crippen LogP contribution in [-0.2, 0) is 27.8 Å². The molecule has 1 saturated carbocycles. The Kier molecular flexibility index (Phi) is 4.38. The number of carbonyl (C=O) groups is 1. The summed E-state index contributed by atoms with van der Waals surface area (Å²) >= 11 is 0. The Hall–Kier alpha value is -2.48. The van der Waals surface area contributed by atoms with Crippen LogP contribution in [0.15, 0.2) is 41.3 Å². The molecule has 1 fully saturated rings. The second-order valence-corrected chi connectivity index (χ2v) is 8.63. The van der Waals surface area contributed by atoms with E-state index in [1.165, 1.54) is 0 Å². The Morgan fingerprint density at radius 2 is 1.81 bits per heavy atom. The molecule has 0 saturated heterocycles. The third kappa shape index (κ3) is 3.66. The summed E-state index contributed by atoms with van der Waals surface area (Å²) in [4.78, 5) is 13.7. The maximum atomic E-state index is 13.4. The summed E-state index contributed by atoms with van der Waals surface area (Å²) in [5, 5.41) is 0. The first-order valence-electron chi connectivity index (χ1n) is 8.72. The Bertz CT molecular complexity index is 1020. The van der Waals surface area contributed by atoms with E-state index in [4.69, 9.17) is 0 Å². The van der Waals surface area contributed by atoms with Crippen molar-refractivity contribution < 1.29 is 22.0 Å². The van der Waals surface area contributed by atoms with Crippen molar-refractivity contribution >= 4 is 21.6 Å². The maximum absolute atomic E-state index is 13.4. The number of sulfonamides is 1. The molecule has 2 aliphatic rings. The first-order valence-corrected chi connectivity index (χ1v) is 10.2. The largest absolute Gasteiger partial charge is 0.338 e. The number of hydrogen-bond donors (Lipinski definition) is 1. The Morgan fingerprint density at radius 1 is 1.04 bits per heavy atom. The summed E-state index contributed by atoms with van der Waals surface area (Å²) in [5.41, 5.74) is 2.28. The monoisotopic (exact) mass is 392 g/mol. The molecule has 2 aromatic carbocycles. The van der Waals surface area contributed by atoms with Crippen LogP contribution >= 0.6 is 0 Å². The van der Waals surface area contributed by atoms with Crippen LogP contribution in [0.2, 0.25) is 0 Å². The summed E-state index contributed by atoms with van der Waals surface area (Å²) in [6.07, 6.45) is 2.61. The lowest BCUT2D eigenvalue weighted by Crippen LogP contribution is -2.36. The third-order valence-corrected chi connectivity index (χ3v) is 6.29. The molecule has 0 aromatic heterocycles. The van der Waals surface area contributed by atoms with Crippen molar-refractivity contribution in [3.05, 3.63) is 59.2 Å². The molecule has 4 rings (SSSR count). The highest BCUT2D eigenvalue weighted by atomic mass is 32.2. The molecule has 142 valence electrons. The van der Waals surface area contributed by atoms with Crippen LogP contribution in [0, 0.1) is 17.6 Å². The zero-order chi connectivity index (χ0) is 19.2. The zero-order valence-electron chi connectivity index (χ0n) is 14.4. The van der Waals surface area contributed by atoms with Crippen molar-refractivity contribution in [3.63, 3.8) is 0 Å². The number of rotatable bonds is 4. The molecule has 8 heteroatoms. The molecule has 2 aromatic rings. The summed E-state index contributed by atoms with van der Waals surface area (Å²) in [7, 11) is -4.05. The molecule has 0 atom stereocenters. The normalized spacial score (nSPS) is 16.7. The predicted molar refractivity (Wildman–Crippen MR) is 95.5 cm³/mol. The van der Waals surface area contributed by atoms with Gasteiger partial charge >= 0.3 is 0 Å². The quantitative estimate of drug-likeness (QED) is 0.870. The SMILES string of the molecule is O=C(C1CC1)N1CCc2ccc(NS(=O)(=O)c3ccc(F)c(F)c3)cc2C1. The van der Waals surface area contributed by atoms with Gasteiger partial charge in [0.05, 0.1) is 4.90 Å². The van der Waals surface area contributed by atoms with Gasteiger partial charge in [0, 0.05) is 24.7 Å². The molecule has 0 unspecified atom stereocenters. The molecule has 5 nitrogen and oxygen atoms in total. The second-order valence-electron chi connectivity index (χ2n) is 6.95. The van der Waals surface area contributed by atoms with Gasteiger partial charge in [-0.3, -0.25) is 9.52 Å². The molecule has 0 bridgehead atoms. The topological polar surface area (TPSA) is 66.5 Å². The van der Waals surface area contributed by atoms with E-state index in [1.54, 1.807) is 12.1 Å². The first-order chi connectivity index (χ1) is 12.8. The average Bonchev–Trinajstić information content (AvgIpc) is 3.47. The fourth-order valence-electron chi connectivity index (χ4n) is 3.26. The van der Waals surface area contributed by atoms with Crippen molar-refractivity contribution in [1.82, 2.24) is 4.90 Å². The minimum absolute atomic E-state index is 0.140. The fourth-order valence-corrected chi connectivity index (χ4v) is 4.32. The van der Waals surface area contributed by atoms with Crippen LogP contribution in [0.3, 0.4) is 0 Å². The van der Waals surface area contributed by atoms with Crippen molar-refractivity contribution in [2.45, 2.75) is 30.7 Å². The summed E-state index contributed by atoms with van der Waals surface area (Å²) in [5.74, 6) is -2.03. The van der Waals surface area contributed by atoms with Crippen molar-refractivity contribution in [2.24, 2.45) is 5.92 Å². The summed E-state index contributed by atoms with van der Waals surface area (Å²) in [6, 6.07) is 7.59. The van der Waals surface area contributed by atoms with Crippen LogP contribution in [0.25, 0.3) is 0 Å². The van der Waals surface area contributed by atoms with E-state index in [9.17, 15) is 22.0 Å². The number of amides is 1. The minimum atomic E-state index is -4.05. The van der Waals surface area contributed by atoms with Crippen molar-refractivity contribution in [1.29, 1.82) is 0 Å². The van der Waals surface area contributed by atoms with Gasteiger partial charge in [0.2, 0.25) is 5.91 Å². The molecule has 1 aliphatic heterocycles. The van der Waals surface area contributed by atoms with Crippen LogP contribution in [0.5, 0.6) is 0 Å². The molecule has 1 amide bonds.